The van der Waals surface area contributed by atoms with E-state index < -0.39 is 29.7 Å². The fraction of sp³-hybridized carbons (Fsp3) is 0.227. The van der Waals surface area contributed by atoms with Crippen molar-refractivity contribution in [3.8, 4) is 0 Å². The van der Waals surface area contributed by atoms with E-state index in [-0.39, 0.29) is 19.6 Å². The van der Waals surface area contributed by atoms with Crippen molar-refractivity contribution < 1.29 is 27.5 Å². The molecule has 0 bridgehead atoms. The first-order chi connectivity index (χ1) is 15.2. The molecule has 0 unspecified atom stereocenters. The zero-order valence-electron chi connectivity index (χ0n) is 16.7. The summed E-state index contributed by atoms with van der Waals surface area (Å²) in [7, 11) is 0. The van der Waals surface area contributed by atoms with E-state index in [9.17, 15) is 22.8 Å². The average Bonchev–Trinajstić information content (AvgIpc) is 2.75. The Morgan fingerprint density at radius 3 is 2.66 bits per heavy atom. The van der Waals surface area contributed by atoms with Crippen molar-refractivity contribution in [2.75, 3.05) is 29.1 Å². The third-order valence-corrected chi connectivity index (χ3v) is 5.13. The molecule has 1 aliphatic rings. The number of fused-ring (bicyclic) bond motifs is 1. The molecular formula is C22H19F3N4O3. The lowest BCUT2D eigenvalue weighted by molar-refractivity contribution is -0.137. The lowest BCUT2D eigenvalue weighted by atomic mass is 10.1. The Labute approximate surface area is 181 Å². The summed E-state index contributed by atoms with van der Waals surface area (Å²) in [4.78, 5) is 30.6. The van der Waals surface area contributed by atoms with Gasteiger partial charge in [-0.25, -0.2) is 4.98 Å². The van der Waals surface area contributed by atoms with E-state index in [2.05, 4.69) is 10.3 Å². The Morgan fingerprint density at radius 1 is 1.19 bits per heavy atom. The number of aromatic nitrogens is 1. The van der Waals surface area contributed by atoms with Gasteiger partial charge in [-0.1, -0.05) is 0 Å². The Balaban J connectivity index is 1.42. The lowest BCUT2D eigenvalue weighted by Crippen LogP contribution is -2.49. The van der Waals surface area contributed by atoms with Gasteiger partial charge in [0.25, 0.3) is 5.91 Å². The quantitative estimate of drug-likeness (QED) is 0.641. The molecule has 1 aromatic heterocycles. The van der Waals surface area contributed by atoms with Crippen molar-refractivity contribution >= 4 is 39.8 Å². The number of anilines is 3. The van der Waals surface area contributed by atoms with Gasteiger partial charge in [-0.3, -0.25) is 9.59 Å². The Bertz CT molecular complexity index is 1170. The molecule has 2 heterocycles. The maximum atomic E-state index is 12.8. The molecular weight excluding hydrogens is 425 g/mol. The summed E-state index contributed by atoms with van der Waals surface area (Å²) in [5.41, 5.74) is 5.87. The van der Waals surface area contributed by atoms with Crippen LogP contribution < -0.4 is 16.0 Å². The molecule has 166 valence electrons. The summed E-state index contributed by atoms with van der Waals surface area (Å²) in [6, 6.07) is 11.2. The Morgan fingerprint density at radius 2 is 1.94 bits per heavy atom. The zero-order chi connectivity index (χ0) is 22.9. The molecule has 3 aromatic rings. The van der Waals surface area contributed by atoms with Crippen LogP contribution in [0.2, 0.25) is 0 Å². The number of amides is 2. The number of hydrogen-bond acceptors (Lipinski definition) is 5. The molecule has 1 atom stereocenters. The monoisotopic (exact) mass is 444 g/mol. The first kappa shape index (κ1) is 21.6. The SMILES string of the molecule is Nc1nccc2cc(NC(=O)C[C@H]3OCCN(c4ccc(C(F)(F)F)cc4)C3=O)ccc12. The molecule has 32 heavy (non-hydrogen) atoms. The molecule has 1 fully saturated rings. The molecule has 2 amide bonds. The van der Waals surface area contributed by atoms with Crippen LogP contribution in [0.3, 0.4) is 0 Å². The molecule has 0 radical (unpaired) electrons. The smallest absolute Gasteiger partial charge is 0.383 e. The van der Waals surface area contributed by atoms with Crippen LogP contribution in [0.25, 0.3) is 10.8 Å². The van der Waals surface area contributed by atoms with Crippen molar-refractivity contribution in [3.05, 3.63) is 60.3 Å². The van der Waals surface area contributed by atoms with E-state index in [1.807, 2.05) is 0 Å². The number of morpholine rings is 1. The zero-order valence-corrected chi connectivity index (χ0v) is 16.7. The fourth-order valence-corrected chi connectivity index (χ4v) is 3.53. The van der Waals surface area contributed by atoms with Gasteiger partial charge < -0.3 is 20.7 Å². The number of alkyl halides is 3. The number of carbonyl (C=O) groups excluding carboxylic acids is 2. The minimum atomic E-state index is -4.46. The maximum absolute atomic E-state index is 12.8. The summed E-state index contributed by atoms with van der Waals surface area (Å²) in [5, 5.41) is 4.28. The van der Waals surface area contributed by atoms with Crippen LogP contribution >= 0.6 is 0 Å². The van der Waals surface area contributed by atoms with Crippen LogP contribution in [-0.2, 0) is 20.5 Å². The summed E-state index contributed by atoms with van der Waals surface area (Å²) in [6.07, 6.45) is -4.16. The van der Waals surface area contributed by atoms with Gasteiger partial charge in [-0.15, -0.1) is 0 Å². The van der Waals surface area contributed by atoms with E-state index in [1.54, 1.807) is 30.5 Å². The molecule has 1 aliphatic heterocycles. The predicted octanol–water partition coefficient (Wildman–Crippen LogP) is 3.60. The largest absolute Gasteiger partial charge is 0.416 e. The molecule has 0 spiro atoms. The highest BCUT2D eigenvalue weighted by Crippen LogP contribution is 2.31. The van der Waals surface area contributed by atoms with E-state index in [4.69, 9.17) is 10.5 Å². The average molecular weight is 444 g/mol. The third kappa shape index (κ3) is 4.50. The molecule has 7 nitrogen and oxygen atoms in total. The van der Waals surface area contributed by atoms with Crippen molar-refractivity contribution in [2.24, 2.45) is 0 Å². The predicted molar refractivity (Wildman–Crippen MR) is 113 cm³/mol. The van der Waals surface area contributed by atoms with Gasteiger partial charge in [0.15, 0.2) is 0 Å². The fourth-order valence-electron chi connectivity index (χ4n) is 3.53. The van der Waals surface area contributed by atoms with Crippen LogP contribution in [0.4, 0.5) is 30.4 Å². The van der Waals surface area contributed by atoms with Crippen LogP contribution in [0, 0.1) is 0 Å². The second-order valence-electron chi connectivity index (χ2n) is 7.28. The van der Waals surface area contributed by atoms with Gasteiger partial charge in [0.05, 0.1) is 18.6 Å². The summed E-state index contributed by atoms with van der Waals surface area (Å²) >= 11 is 0. The minimum Gasteiger partial charge on any atom is -0.383 e. The number of benzene rings is 2. The number of hydrogen-bond donors (Lipinski definition) is 2. The number of pyridine rings is 1. The Hall–Kier alpha value is -3.66. The van der Waals surface area contributed by atoms with E-state index in [0.29, 0.717) is 17.2 Å². The number of nitrogens with one attached hydrogen (secondary N) is 1. The molecule has 3 N–H and O–H groups in total. The van der Waals surface area contributed by atoms with Crippen molar-refractivity contribution in [3.63, 3.8) is 0 Å². The highest BCUT2D eigenvalue weighted by atomic mass is 19.4. The summed E-state index contributed by atoms with van der Waals surface area (Å²) in [6.45, 7) is 0.343. The van der Waals surface area contributed by atoms with Crippen LogP contribution in [0.5, 0.6) is 0 Å². The normalized spacial score (nSPS) is 16.9. The lowest BCUT2D eigenvalue weighted by Gasteiger charge is -2.32. The molecule has 0 saturated carbocycles. The van der Waals surface area contributed by atoms with Gasteiger partial charge in [0, 0.05) is 29.5 Å². The van der Waals surface area contributed by atoms with Crippen molar-refractivity contribution in [2.45, 2.75) is 18.7 Å². The van der Waals surface area contributed by atoms with E-state index in [0.717, 1.165) is 22.9 Å². The van der Waals surface area contributed by atoms with Gasteiger partial charge >= 0.3 is 6.18 Å². The summed E-state index contributed by atoms with van der Waals surface area (Å²) < 4.78 is 43.8. The summed E-state index contributed by atoms with van der Waals surface area (Å²) in [5.74, 6) is -0.535. The number of rotatable bonds is 4. The van der Waals surface area contributed by atoms with E-state index in [1.165, 1.54) is 17.0 Å². The van der Waals surface area contributed by atoms with E-state index >= 15 is 0 Å². The highest BCUT2D eigenvalue weighted by Gasteiger charge is 2.34. The second kappa shape index (κ2) is 8.46. The number of nitrogens with two attached hydrogens (primary N) is 1. The molecule has 4 rings (SSSR count). The minimum absolute atomic E-state index is 0.160. The van der Waals surface area contributed by atoms with Crippen molar-refractivity contribution in [1.29, 1.82) is 0 Å². The van der Waals surface area contributed by atoms with Gasteiger partial charge in [-0.05, 0) is 53.9 Å². The second-order valence-corrected chi connectivity index (χ2v) is 7.28. The topological polar surface area (TPSA) is 97.5 Å². The van der Waals surface area contributed by atoms with Crippen LogP contribution in [0.1, 0.15) is 12.0 Å². The number of carbonyl (C=O) groups is 2. The van der Waals surface area contributed by atoms with Crippen molar-refractivity contribution in [1.82, 2.24) is 4.98 Å². The Kier molecular flexibility index (Phi) is 5.70. The van der Waals surface area contributed by atoms with Crippen LogP contribution in [0.15, 0.2) is 54.7 Å². The number of nitrogen functional groups attached to an aromatic ring is 1. The van der Waals surface area contributed by atoms with Gasteiger partial charge in [0.1, 0.15) is 11.9 Å². The van der Waals surface area contributed by atoms with Gasteiger partial charge in [0.2, 0.25) is 5.91 Å². The molecule has 1 saturated heterocycles. The number of ether oxygens (including phenoxy) is 1. The van der Waals surface area contributed by atoms with Gasteiger partial charge in [-0.2, -0.15) is 13.2 Å². The highest BCUT2D eigenvalue weighted by molar-refractivity contribution is 6.02. The number of nitrogens with zero attached hydrogens (tertiary/aromatic N) is 2. The van der Waals surface area contributed by atoms with Crippen LogP contribution in [-0.4, -0.2) is 36.1 Å². The standard InChI is InChI=1S/C22H19F3N4O3/c23-22(24,25)14-1-4-16(5-2-14)29-9-10-32-18(21(29)31)12-19(30)28-15-3-6-17-13(11-15)7-8-27-20(17)26/h1-8,11,18H,9-10,12H2,(H2,26,27)(H,28,30)/t18-/m1/s1. The molecule has 10 heteroatoms. The maximum Gasteiger partial charge on any atom is 0.416 e. The first-order valence-corrected chi connectivity index (χ1v) is 9.77. The molecule has 2 aromatic carbocycles. The first-order valence-electron chi connectivity index (χ1n) is 9.77. The molecule has 0 aliphatic carbocycles. The number of halogens is 3. The third-order valence-electron chi connectivity index (χ3n) is 5.13.